The molecule has 1 aliphatic rings. The molecule has 4 aromatic carbocycles. The molecule has 0 aromatic heterocycles. The number of rotatable bonds is 4. The van der Waals surface area contributed by atoms with Crippen LogP contribution < -0.4 is 20.7 Å². The van der Waals surface area contributed by atoms with Gasteiger partial charge in [0, 0.05) is 4.47 Å². The van der Waals surface area contributed by atoms with E-state index < -0.39 is 8.07 Å². The van der Waals surface area contributed by atoms with Crippen LogP contribution in [0.15, 0.2) is 108 Å². The van der Waals surface area contributed by atoms with Crippen LogP contribution in [0.25, 0.3) is 0 Å². The molecular weight excluding hydrogens is 492 g/mol. The molecule has 0 amide bonds. The molecule has 172 valence electrons. The fourth-order valence-corrected chi connectivity index (χ4v) is 11.3. The molecule has 0 radical (unpaired) electrons. The Bertz CT molecular complexity index is 1270. The van der Waals surface area contributed by atoms with Crippen molar-refractivity contribution in [3.8, 4) is 0 Å². The van der Waals surface area contributed by atoms with E-state index in [2.05, 4.69) is 147 Å². The summed E-state index contributed by atoms with van der Waals surface area (Å²) in [5.41, 5.74) is 3.43. The Kier molecular flexibility index (Phi) is 5.94. The van der Waals surface area contributed by atoms with Crippen LogP contribution in [0.1, 0.15) is 51.7 Å². The smallest absolute Gasteiger partial charge is 0.0623 e. The second kappa shape index (κ2) is 8.66. The molecule has 0 bridgehead atoms. The third kappa shape index (κ3) is 3.81. The third-order valence-electron chi connectivity index (χ3n) is 7.96. The average Bonchev–Trinajstić information content (AvgIpc) is 2.84. The Hall–Kier alpha value is -2.42. The maximum Gasteiger partial charge on any atom is 0.179 e. The highest BCUT2D eigenvalue weighted by molar-refractivity contribution is 9.10. The second-order valence-corrected chi connectivity index (χ2v) is 15.7. The normalized spacial score (nSPS) is 16.6. The minimum absolute atomic E-state index is 0.172. The monoisotopic (exact) mass is 524 g/mol. The van der Waals surface area contributed by atoms with E-state index in [0.717, 1.165) is 4.47 Å². The molecule has 5 rings (SSSR count). The molecule has 0 nitrogen and oxygen atoms in total. The van der Waals surface area contributed by atoms with Crippen molar-refractivity contribution in [3.05, 3.63) is 119 Å². The predicted molar refractivity (Wildman–Crippen MR) is 153 cm³/mol. The molecule has 34 heavy (non-hydrogen) atoms. The van der Waals surface area contributed by atoms with Gasteiger partial charge in [0.05, 0.1) is 0 Å². The van der Waals surface area contributed by atoms with E-state index in [4.69, 9.17) is 0 Å². The van der Waals surface area contributed by atoms with Gasteiger partial charge >= 0.3 is 0 Å². The Balaban J connectivity index is 1.90. The van der Waals surface area contributed by atoms with Crippen LogP contribution in [-0.4, -0.2) is 8.07 Å². The fraction of sp³-hybridized carbons (Fsp3) is 0.250. The Morgan fingerprint density at radius 3 is 1.59 bits per heavy atom. The first-order valence-electron chi connectivity index (χ1n) is 12.3. The van der Waals surface area contributed by atoms with Gasteiger partial charge in [-0.05, 0) is 67.7 Å². The molecule has 4 aromatic rings. The molecule has 0 fully saturated rings. The number of benzene rings is 4. The highest BCUT2D eigenvalue weighted by Crippen LogP contribution is 2.45. The van der Waals surface area contributed by atoms with E-state index in [1.807, 2.05) is 0 Å². The maximum absolute atomic E-state index is 3.79. The fourth-order valence-electron chi connectivity index (χ4n) is 5.92. The van der Waals surface area contributed by atoms with Crippen molar-refractivity contribution in [2.24, 2.45) is 0 Å². The first-order valence-corrected chi connectivity index (χ1v) is 15.1. The quantitative estimate of drug-likeness (QED) is 0.221. The van der Waals surface area contributed by atoms with Gasteiger partial charge in [0.2, 0.25) is 0 Å². The van der Waals surface area contributed by atoms with Crippen LogP contribution in [0.4, 0.5) is 0 Å². The summed E-state index contributed by atoms with van der Waals surface area (Å²) in [7, 11) is -2.53. The van der Waals surface area contributed by atoms with E-state index in [0.29, 0.717) is 0 Å². The summed E-state index contributed by atoms with van der Waals surface area (Å²) in [5.74, 6) is 0. The largest absolute Gasteiger partial charge is 0.179 e. The lowest BCUT2D eigenvalue weighted by atomic mass is 9.63. The first-order chi connectivity index (χ1) is 16.2. The number of halogens is 1. The van der Waals surface area contributed by atoms with Crippen LogP contribution in [0.3, 0.4) is 0 Å². The highest BCUT2D eigenvalue weighted by Gasteiger charge is 2.44. The Morgan fingerprint density at radius 1 is 0.529 bits per heavy atom. The molecule has 0 aliphatic heterocycles. The van der Waals surface area contributed by atoms with Crippen molar-refractivity contribution in [3.63, 3.8) is 0 Å². The van der Waals surface area contributed by atoms with Gasteiger partial charge in [-0.15, -0.1) is 0 Å². The maximum atomic E-state index is 3.79. The van der Waals surface area contributed by atoms with Crippen molar-refractivity contribution < 1.29 is 0 Å². The molecular formula is C32H33BrSi. The molecule has 1 aliphatic carbocycles. The van der Waals surface area contributed by atoms with E-state index >= 15 is 0 Å². The van der Waals surface area contributed by atoms with Crippen LogP contribution >= 0.6 is 15.9 Å². The zero-order chi connectivity index (χ0) is 24.0. The van der Waals surface area contributed by atoms with Crippen LogP contribution in [0, 0.1) is 0 Å². The van der Waals surface area contributed by atoms with E-state index in [9.17, 15) is 0 Å². The summed E-state index contributed by atoms with van der Waals surface area (Å²) in [6.45, 7) is 9.68. The summed E-state index contributed by atoms with van der Waals surface area (Å²) >= 11 is 3.79. The lowest BCUT2D eigenvalue weighted by molar-refractivity contribution is 0.332. The van der Waals surface area contributed by atoms with Gasteiger partial charge in [0.25, 0.3) is 0 Å². The first kappa shape index (κ1) is 23.3. The van der Waals surface area contributed by atoms with Crippen molar-refractivity contribution in [1.82, 2.24) is 0 Å². The summed E-state index contributed by atoms with van der Waals surface area (Å²) in [4.78, 5) is 0. The zero-order valence-corrected chi connectivity index (χ0v) is 23.2. The zero-order valence-electron chi connectivity index (χ0n) is 20.6. The van der Waals surface area contributed by atoms with E-state index in [-0.39, 0.29) is 10.8 Å². The highest BCUT2D eigenvalue weighted by atomic mass is 79.9. The van der Waals surface area contributed by atoms with Crippen molar-refractivity contribution in [2.75, 3.05) is 0 Å². The molecule has 0 atom stereocenters. The SMILES string of the molecule is CC1(C)CCC(C)(C)c2cc([Si](c3ccccc3)(c3ccccc3)c3cccc(Br)c3)ccc21. The summed E-state index contributed by atoms with van der Waals surface area (Å²) in [6.07, 6.45) is 2.45. The van der Waals surface area contributed by atoms with Gasteiger partial charge < -0.3 is 0 Å². The van der Waals surface area contributed by atoms with Crippen LogP contribution in [0.5, 0.6) is 0 Å². The van der Waals surface area contributed by atoms with Gasteiger partial charge in [0.15, 0.2) is 8.07 Å². The minimum atomic E-state index is -2.53. The van der Waals surface area contributed by atoms with Crippen LogP contribution in [-0.2, 0) is 10.8 Å². The number of hydrogen-bond acceptors (Lipinski definition) is 0. The summed E-state index contributed by atoms with van der Waals surface area (Å²) < 4.78 is 1.13. The van der Waals surface area contributed by atoms with Gasteiger partial charge in [0.1, 0.15) is 0 Å². The second-order valence-electron chi connectivity index (χ2n) is 11.0. The van der Waals surface area contributed by atoms with Gasteiger partial charge in [-0.3, -0.25) is 0 Å². The predicted octanol–water partition coefficient (Wildman–Crippen LogP) is 6.18. The number of hydrogen-bond donors (Lipinski definition) is 0. The molecule has 0 saturated heterocycles. The standard InChI is InChI=1S/C32H33BrSi/c1-31(2)20-21-32(3,4)30-23-28(18-19-29(30)31)34(25-13-7-5-8-14-25,26-15-9-6-10-16-26)27-17-11-12-24(33)22-27/h5-19,22-23H,20-21H2,1-4H3. The molecule has 0 saturated carbocycles. The molecule has 0 spiro atoms. The van der Waals surface area contributed by atoms with Crippen molar-refractivity contribution >= 4 is 44.8 Å². The van der Waals surface area contributed by atoms with Gasteiger partial charge in [-0.25, -0.2) is 0 Å². The topological polar surface area (TPSA) is 0 Å². The molecule has 0 N–H and O–H groups in total. The van der Waals surface area contributed by atoms with Gasteiger partial charge in [-0.1, -0.05) is 135 Å². The lowest BCUT2D eigenvalue weighted by Crippen LogP contribution is -2.75. The average molecular weight is 526 g/mol. The van der Waals surface area contributed by atoms with Crippen LogP contribution in [0.2, 0.25) is 0 Å². The molecule has 0 unspecified atom stereocenters. The summed E-state index contributed by atoms with van der Waals surface area (Å²) in [6, 6.07) is 38.9. The summed E-state index contributed by atoms with van der Waals surface area (Å²) in [5, 5.41) is 5.72. The molecule has 2 heteroatoms. The minimum Gasteiger partial charge on any atom is -0.0623 e. The van der Waals surface area contributed by atoms with Crippen molar-refractivity contribution in [2.45, 2.75) is 51.4 Å². The molecule has 0 heterocycles. The third-order valence-corrected chi connectivity index (χ3v) is 13.2. The van der Waals surface area contributed by atoms with E-state index in [1.54, 1.807) is 0 Å². The van der Waals surface area contributed by atoms with Crippen molar-refractivity contribution in [1.29, 1.82) is 0 Å². The Morgan fingerprint density at radius 2 is 1.03 bits per heavy atom. The Labute approximate surface area is 214 Å². The number of fused-ring (bicyclic) bond motifs is 1. The van der Waals surface area contributed by atoms with E-state index in [1.165, 1.54) is 44.7 Å². The lowest BCUT2D eigenvalue weighted by Gasteiger charge is -2.43. The van der Waals surface area contributed by atoms with Gasteiger partial charge in [-0.2, -0.15) is 0 Å².